The van der Waals surface area contributed by atoms with E-state index in [1.54, 1.807) is 12.3 Å². The highest BCUT2D eigenvalue weighted by molar-refractivity contribution is 7.22. The summed E-state index contributed by atoms with van der Waals surface area (Å²) in [4.78, 5) is 33.0. The summed E-state index contributed by atoms with van der Waals surface area (Å²) in [6, 6.07) is 7.36. The molecule has 0 bridgehead atoms. The molecular weight excluding hydrogens is 404 g/mol. The molecule has 2 amide bonds. The van der Waals surface area contributed by atoms with Crippen molar-refractivity contribution in [3.05, 3.63) is 46.6 Å². The molecule has 0 atom stereocenters. The maximum absolute atomic E-state index is 12.7. The van der Waals surface area contributed by atoms with Crippen molar-refractivity contribution in [1.29, 1.82) is 0 Å². The van der Waals surface area contributed by atoms with E-state index in [0.29, 0.717) is 46.4 Å². The van der Waals surface area contributed by atoms with Gasteiger partial charge in [-0.25, -0.2) is 9.97 Å². The summed E-state index contributed by atoms with van der Waals surface area (Å²) in [5.74, 6) is -0.613. The predicted octanol–water partition coefficient (Wildman–Crippen LogP) is 3.97. The summed E-state index contributed by atoms with van der Waals surface area (Å²) in [7, 11) is 0. The molecule has 0 aliphatic heterocycles. The van der Waals surface area contributed by atoms with E-state index in [2.05, 4.69) is 15.3 Å². The molecule has 6 nitrogen and oxygen atoms in total. The number of nitrogens with zero attached hydrogens (tertiary/aromatic N) is 2. The molecule has 2 heterocycles. The smallest absolute Gasteiger partial charge is 0.271 e. The van der Waals surface area contributed by atoms with Gasteiger partial charge >= 0.3 is 0 Å². The van der Waals surface area contributed by atoms with E-state index in [1.165, 1.54) is 22.7 Å². The molecule has 0 spiro atoms. The first-order valence-electron chi connectivity index (χ1n) is 8.28. The van der Waals surface area contributed by atoms with Crippen molar-refractivity contribution < 1.29 is 9.59 Å². The van der Waals surface area contributed by atoms with Crippen LogP contribution in [0.2, 0.25) is 5.02 Å². The molecule has 0 aliphatic carbocycles. The molecule has 0 aliphatic rings. The van der Waals surface area contributed by atoms with E-state index in [0.717, 1.165) is 10.6 Å². The summed E-state index contributed by atoms with van der Waals surface area (Å²) in [6.45, 7) is 0.443. The number of thiazole rings is 2. The van der Waals surface area contributed by atoms with Crippen LogP contribution in [0.3, 0.4) is 0 Å². The van der Waals surface area contributed by atoms with Crippen molar-refractivity contribution in [2.24, 2.45) is 5.73 Å². The molecule has 2 aromatic heterocycles. The fourth-order valence-electron chi connectivity index (χ4n) is 2.43. The Morgan fingerprint density at radius 1 is 1.19 bits per heavy atom. The Balaban J connectivity index is 1.83. The number of nitrogens with two attached hydrogens (primary N) is 1. The van der Waals surface area contributed by atoms with Gasteiger partial charge in [0.25, 0.3) is 5.91 Å². The Hall–Kier alpha value is -2.29. The highest BCUT2D eigenvalue weighted by Gasteiger charge is 2.22. The van der Waals surface area contributed by atoms with E-state index in [1.807, 2.05) is 23.6 Å². The maximum Gasteiger partial charge on any atom is 0.271 e. The number of rotatable bonds is 8. The van der Waals surface area contributed by atoms with Crippen molar-refractivity contribution in [2.45, 2.75) is 19.3 Å². The summed E-state index contributed by atoms with van der Waals surface area (Å²) in [6.07, 6.45) is 3.31. The molecule has 0 saturated heterocycles. The Labute approximate surface area is 169 Å². The van der Waals surface area contributed by atoms with Gasteiger partial charge in [0.2, 0.25) is 5.91 Å². The summed E-state index contributed by atoms with van der Waals surface area (Å²) < 4.78 is 0. The van der Waals surface area contributed by atoms with E-state index in [-0.39, 0.29) is 11.8 Å². The summed E-state index contributed by atoms with van der Waals surface area (Å²) >= 11 is 9.19. The molecule has 0 fully saturated rings. The van der Waals surface area contributed by atoms with Crippen molar-refractivity contribution >= 4 is 46.1 Å². The monoisotopic (exact) mass is 420 g/mol. The second-order valence-corrected chi connectivity index (χ2v) is 7.99. The van der Waals surface area contributed by atoms with E-state index in [9.17, 15) is 9.59 Å². The first-order chi connectivity index (χ1) is 13.1. The lowest BCUT2D eigenvalue weighted by Gasteiger charge is -2.06. The molecule has 0 saturated carbocycles. The van der Waals surface area contributed by atoms with Gasteiger partial charge in [0.05, 0.1) is 4.88 Å². The Morgan fingerprint density at radius 2 is 2.00 bits per heavy atom. The lowest BCUT2D eigenvalue weighted by atomic mass is 10.1. The van der Waals surface area contributed by atoms with E-state index < -0.39 is 0 Å². The van der Waals surface area contributed by atoms with Gasteiger partial charge in [-0.15, -0.1) is 22.7 Å². The first-order valence-corrected chi connectivity index (χ1v) is 10.4. The predicted molar refractivity (Wildman–Crippen MR) is 109 cm³/mol. The van der Waals surface area contributed by atoms with Crippen LogP contribution in [0.5, 0.6) is 0 Å². The van der Waals surface area contributed by atoms with E-state index >= 15 is 0 Å². The Kier molecular flexibility index (Phi) is 6.54. The number of hydrogen-bond acceptors (Lipinski definition) is 6. The van der Waals surface area contributed by atoms with Crippen LogP contribution in [0.25, 0.3) is 20.5 Å². The standard InChI is InChI=1S/C18H17ClN4O2S2/c19-12-6-2-1-5-11(12)15-14(16(25)21-8-4-3-7-13(20)24)23-18(27-15)17-22-9-10-26-17/h1-2,5-6,9-10H,3-4,7-8H2,(H2,20,24)(H,21,25). The van der Waals surface area contributed by atoms with Crippen LogP contribution >= 0.6 is 34.3 Å². The second kappa shape index (κ2) is 9.07. The van der Waals surface area contributed by atoms with Crippen LogP contribution in [0.4, 0.5) is 0 Å². The number of benzene rings is 1. The molecule has 27 heavy (non-hydrogen) atoms. The van der Waals surface area contributed by atoms with Crippen molar-refractivity contribution in [2.75, 3.05) is 6.54 Å². The summed E-state index contributed by atoms with van der Waals surface area (Å²) in [5, 5.41) is 6.71. The number of amides is 2. The molecule has 0 radical (unpaired) electrons. The largest absolute Gasteiger partial charge is 0.370 e. The highest BCUT2D eigenvalue weighted by atomic mass is 35.5. The van der Waals surface area contributed by atoms with Gasteiger partial charge in [-0.05, 0) is 18.9 Å². The van der Waals surface area contributed by atoms with Gasteiger partial charge in [-0.1, -0.05) is 29.8 Å². The number of primary amides is 1. The van der Waals surface area contributed by atoms with Crippen LogP contribution in [0.15, 0.2) is 35.8 Å². The number of unbranched alkanes of at least 4 members (excludes halogenated alkanes) is 1. The van der Waals surface area contributed by atoms with Gasteiger partial charge in [0.15, 0.2) is 10.0 Å². The summed E-state index contributed by atoms with van der Waals surface area (Å²) in [5.41, 5.74) is 6.21. The van der Waals surface area contributed by atoms with E-state index in [4.69, 9.17) is 17.3 Å². The zero-order valence-corrected chi connectivity index (χ0v) is 16.7. The molecule has 140 valence electrons. The average molecular weight is 421 g/mol. The van der Waals surface area contributed by atoms with Crippen LogP contribution in [-0.4, -0.2) is 28.3 Å². The molecule has 9 heteroatoms. The van der Waals surface area contributed by atoms with Gasteiger partial charge in [0.1, 0.15) is 5.69 Å². The second-order valence-electron chi connectivity index (χ2n) is 5.69. The zero-order valence-electron chi connectivity index (χ0n) is 14.3. The van der Waals surface area contributed by atoms with Gasteiger partial charge < -0.3 is 11.1 Å². The number of nitrogens with one attached hydrogen (secondary N) is 1. The molecule has 0 unspecified atom stereocenters. The third-order valence-corrected chi connectivity index (χ3v) is 6.05. The van der Waals surface area contributed by atoms with Crippen molar-refractivity contribution in [3.63, 3.8) is 0 Å². The minimum atomic E-state index is -0.338. The minimum absolute atomic E-state index is 0.275. The normalized spacial score (nSPS) is 10.7. The third-order valence-electron chi connectivity index (χ3n) is 3.71. The highest BCUT2D eigenvalue weighted by Crippen LogP contribution is 2.39. The topological polar surface area (TPSA) is 98.0 Å². The number of hydrogen-bond donors (Lipinski definition) is 2. The fourth-order valence-corrected chi connectivity index (χ4v) is 4.50. The van der Waals surface area contributed by atoms with Gasteiger partial charge in [-0.2, -0.15) is 0 Å². The minimum Gasteiger partial charge on any atom is -0.370 e. The van der Waals surface area contributed by atoms with Crippen LogP contribution in [0.1, 0.15) is 29.8 Å². The van der Waals surface area contributed by atoms with Crippen LogP contribution in [-0.2, 0) is 4.79 Å². The first kappa shape index (κ1) is 19.5. The van der Waals surface area contributed by atoms with Crippen LogP contribution < -0.4 is 11.1 Å². The van der Waals surface area contributed by atoms with Crippen LogP contribution in [0, 0.1) is 0 Å². The third kappa shape index (κ3) is 4.91. The lowest BCUT2D eigenvalue weighted by molar-refractivity contribution is -0.118. The number of carbonyl (C=O) groups is 2. The lowest BCUT2D eigenvalue weighted by Crippen LogP contribution is -2.25. The number of aromatic nitrogens is 2. The van der Waals surface area contributed by atoms with Gasteiger partial charge in [0, 0.05) is 35.1 Å². The SMILES string of the molecule is NC(=O)CCCCNC(=O)c1nc(-c2nccs2)sc1-c1ccccc1Cl. The molecule has 3 rings (SSSR count). The maximum atomic E-state index is 12.7. The van der Waals surface area contributed by atoms with Crippen molar-refractivity contribution in [1.82, 2.24) is 15.3 Å². The Morgan fingerprint density at radius 3 is 2.70 bits per heavy atom. The molecular formula is C18H17ClN4O2S2. The Bertz CT molecular complexity index is 941. The zero-order chi connectivity index (χ0) is 19.2. The number of halogens is 1. The average Bonchev–Trinajstić information content (AvgIpc) is 3.31. The fraction of sp³-hybridized carbons (Fsp3) is 0.222. The van der Waals surface area contributed by atoms with Crippen molar-refractivity contribution in [3.8, 4) is 20.5 Å². The quantitative estimate of drug-likeness (QED) is 0.538. The molecule has 3 N–H and O–H groups in total. The van der Waals surface area contributed by atoms with Gasteiger partial charge in [-0.3, -0.25) is 9.59 Å². The molecule has 3 aromatic rings. The number of carbonyl (C=O) groups excluding carboxylic acids is 2. The molecule has 1 aromatic carbocycles.